The minimum Gasteiger partial charge on any atom is -0.443 e. The summed E-state index contributed by atoms with van der Waals surface area (Å²) in [7, 11) is 3.37. The number of nitrogens with two attached hydrogens (primary N) is 1. The SMILES string of the molecule is CC(=O)NC(C)c1cccc(C#Cc2c(N)nc(N(C)C(=O)OC(C)(C)C)c3ncn(C)c23)n1. The highest BCUT2D eigenvalue weighted by atomic mass is 16.6. The van der Waals surface area contributed by atoms with Gasteiger partial charge in [-0.25, -0.2) is 19.7 Å². The smallest absolute Gasteiger partial charge is 0.415 e. The Hall–Kier alpha value is -4.13. The number of nitrogens with zero attached hydrogens (tertiary/aromatic N) is 5. The van der Waals surface area contributed by atoms with Crippen molar-refractivity contribution < 1.29 is 14.3 Å². The molecule has 10 heteroatoms. The van der Waals surface area contributed by atoms with Crippen molar-refractivity contribution in [2.45, 2.75) is 46.3 Å². The van der Waals surface area contributed by atoms with Crippen LogP contribution in [0.1, 0.15) is 57.6 Å². The molecule has 0 aromatic carbocycles. The van der Waals surface area contributed by atoms with Crippen LogP contribution in [0.3, 0.4) is 0 Å². The molecule has 3 heterocycles. The van der Waals surface area contributed by atoms with Crippen LogP contribution in [0, 0.1) is 11.8 Å². The Kier molecular flexibility index (Phi) is 6.77. The predicted octanol–water partition coefficient (Wildman–Crippen LogP) is 2.91. The number of rotatable bonds is 3. The Balaban J connectivity index is 2.03. The number of hydrogen-bond acceptors (Lipinski definition) is 7. The van der Waals surface area contributed by atoms with Gasteiger partial charge in [0, 0.05) is 21.0 Å². The molecule has 0 radical (unpaired) electrons. The average Bonchev–Trinajstić information content (AvgIpc) is 3.12. The molecular weight excluding hydrogens is 434 g/mol. The third kappa shape index (κ3) is 5.43. The quantitative estimate of drug-likeness (QED) is 0.572. The van der Waals surface area contributed by atoms with E-state index < -0.39 is 11.7 Å². The Morgan fingerprint density at radius 2 is 1.94 bits per heavy atom. The first-order chi connectivity index (χ1) is 15.9. The summed E-state index contributed by atoms with van der Waals surface area (Å²) in [5.41, 5.74) is 8.39. The molecular formula is C24H29N7O3. The second-order valence-corrected chi connectivity index (χ2v) is 8.91. The number of aromatic nitrogens is 4. The molecule has 0 saturated heterocycles. The Bertz CT molecular complexity index is 1310. The van der Waals surface area contributed by atoms with Crippen molar-refractivity contribution in [2.75, 3.05) is 17.7 Å². The lowest BCUT2D eigenvalue weighted by molar-refractivity contribution is -0.119. The molecule has 3 N–H and O–H groups in total. The number of pyridine rings is 2. The fourth-order valence-electron chi connectivity index (χ4n) is 3.27. The van der Waals surface area contributed by atoms with E-state index in [1.807, 2.05) is 26.1 Å². The van der Waals surface area contributed by atoms with E-state index in [-0.39, 0.29) is 23.6 Å². The molecule has 0 aliphatic rings. The summed E-state index contributed by atoms with van der Waals surface area (Å²) in [5, 5.41) is 2.80. The molecule has 0 bridgehead atoms. The van der Waals surface area contributed by atoms with Gasteiger partial charge in [-0.1, -0.05) is 12.0 Å². The van der Waals surface area contributed by atoms with E-state index in [2.05, 4.69) is 32.1 Å². The lowest BCUT2D eigenvalue weighted by Crippen LogP contribution is -2.34. The van der Waals surface area contributed by atoms with Gasteiger partial charge >= 0.3 is 6.09 Å². The summed E-state index contributed by atoms with van der Waals surface area (Å²) in [6.45, 7) is 8.67. The minimum absolute atomic E-state index is 0.139. The third-order valence-corrected chi connectivity index (χ3v) is 4.80. The van der Waals surface area contributed by atoms with Crippen LogP contribution >= 0.6 is 0 Å². The second kappa shape index (κ2) is 9.39. The minimum atomic E-state index is -0.662. The summed E-state index contributed by atoms with van der Waals surface area (Å²) >= 11 is 0. The van der Waals surface area contributed by atoms with E-state index >= 15 is 0 Å². The number of amides is 2. The number of anilines is 2. The van der Waals surface area contributed by atoms with Gasteiger partial charge in [0.05, 0.1) is 29.1 Å². The Morgan fingerprint density at radius 3 is 2.59 bits per heavy atom. The summed E-state index contributed by atoms with van der Waals surface area (Å²) < 4.78 is 7.22. The topological polar surface area (TPSA) is 128 Å². The maximum Gasteiger partial charge on any atom is 0.415 e. The van der Waals surface area contributed by atoms with E-state index in [4.69, 9.17) is 10.5 Å². The zero-order valence-corrected chi connectivity index (χ0v) is 20.4. The molecule has 3 aromatic heterocycles. The third-order valence-electron chi connectivity index (χ3n) is 4.80. The maximum atomic E-state index is 12.6. The van der Waals surface area contributed by atoms with Crippen LogP contribution in [-0.4, -0.2) is 44.2 Å². The van der Waals surface area contributed by atoms with Crippen molar-refractivity contribution >= 4 is 34.7 Å². The fourth-order valence-corrected chi connectivity index (χ4v) is 3.27. The molecule has 0 spiro atoms. The molecule has 0 fully saturated rings. The number of carbonyl (C=O) groups is 2. The van der Waals surface area contributed by atoms with Gasteiger partial charge in [-0.3, -0.25) is 9.69 Å². The Labute approximate surface area is 198 Å². The van der Waals surface area contributed by atoms with Gasteiger partial charge < -0.3 is 20.4 Å². The summed E-state index contributed by atoms with van der Waals surface area (Å²) in [6.07, 6.45) is 1.04. The Morgan fingerprint density at radius 1 is 1.24 bits per heavy atom. The van der Waals surface area contributed by atoms with Crippen LogP contribution in [-0.2, 0) is 16.6 Å². The van der Waals surface area contributed by atoms with Crippen LogP contribution in [0.5, 0.6) is 0 Å². The number of hydrogen-bond donors (Lipinski definition) is 2. The van der Waals surface area contributed by atoms with Crippen molar-refractivity contribution in [3.8, 4) is 11.8 Å². The zero-order valence-electron chi connectivity index (χ0n) is 20.4. The molecule has 3 aromatic rings. The highest BCUT2D eigenvalue weighted by molar-refractivity contribution is 6.00. The van der Waals surface area contributed by atoms with E-state index in [1.54, 1.807) is 44.8 Å². The number of nitrogens with one attached hydrogen (secondary N) is 1. The molecule has 1 atom stereocenters. The molecule has 34 heavy (non-hydrogen) atoms. The summed E-state index contributed by atoms with van der Waals surface area (Å²) in [6, 6.07) is 5.16. The standard InChI is InChI=1S/C24H29N7O3/c1-14(27-15(2)32)18-10-8-9-16(28-18)11-12-17-20-19(26-13-30(20)6)22(29-21(17)25)31(7)23(33)34-24(3,4)5/h8-10,13-14H,1-7H3,(H2,25,29)(H,27,32). The monoisotopic (exact) mass is 463 g/mol. The lowest BCUT2D eigenvalue weighted by atomic mass is 10.1. The first kappa shape index (κ1) is 24.5. The number of carbonyl (C=O) groups excluding carboxylic acids is 2. The van der Waals surface area contributed by atoms with Crippen LogP contribution in [0.25, 0.3) is 11.0 Å². The molecule has 3 rings (SSSR count). The molecule has 0 aliphatic heterocycles. The van der Waals surface area contributed by atoms with Gasteiger partial charge in [0.25, 0.3) is 0 Å². The molecule has 178 valence electrons. The predicted molar refractivity (Wildman–Crippen MR) is 130 cm³/mol. The van der Waals surface area contributed by atoms with Gasteiger partial charge in [-0.15, -0.1) is 0 Å². The number of imidazole rings is 1. The number of nitrogen functional groups attached to an aromatic ring is 1. The highest BCUT2D eigenvalue weighted by Gasteiger charge is 2.25. The molecule has 1 unspecified atom stereocenters. The van der Waals surface area contributed by atoms with Crippen molar-refractivity contribution in [1.29, 1.82) is 0 Å². The molecule has 0 saturated carbocycles. The van der Waals surface area contributed by atoms with Crippen molar-refractivity contribution in [3.63, 3.8) is 0 Å². The lowest BCUT2D eigenvalue weighted by Gasteiger charge is -2.24. The van der Waals surface area contributed by atoms with Crippen LogP contribution in [0.2, 0.25) is 0 Å². The van der Waals surface area contributed by atoms with Gasteiger partial charge in [0.2, 0.25) is 5.91 Å². The largest absolute Gasteiger partial charge is 0.443 e. The zero-order chi connectivity index (χ0) is 25.2. The number of fused-ring (bicyclic) bond motifs is 1. The first-order valence-electron chi connectivity index (χ1n) is 10.7. The fraction of sp³-hybridized carbons (Fsp3) is 0.375. The number of ether oxygens (including phenoxy) is 1. The molecule has 10 nitrogen and oxygen atoms in total. The maximum absolute atomic E-state index is 12.6. The van der Waals surface area contributed by atoms with Gasteiger partial charge in [-0.2, -0.15) is 0 Å². The van der Waals surface area contributed by atoms with E-state index in [0.717, 1.165) is 0 Å². The van der Waals surface area contributed by atoms with E-state index in [0.29, 0.717) is 28.0 Å². The van der Waals surface area contributed by atoms with Gasteiger partial charge in [0.15, 0.2) is 5.82 Å². The molecule has 2 amide bonds. The number of aryl methyl sites for hydroxylation is 1. The van der Waals surface area contributed by atoms with Crippen LogP contribution < -0.4 is 16.0 Å². The van der Waals surface area contributed by atoms with Gasteiger partial charge in [-0.05, 0) is 45.7 Å². The van der Waals surface area contributed by atoms with Crippen molar-refractivity contribution in [1.82, 2.24) is 24.8 Å². The summed E-state index contributed by atoms with van der Waals surface area (Å²) in [5.74, 6) is 6.36. The highest BCUT2D eigenvalue weighted by Crippen LogP contribution is 2.29. The van der Waals surface area contributed by atoms with E-state index in [9.17, 15) is 9.59 Å². The van der Waals surface area contributed by atoms with Crippen LogP contribution in [0.4, 0.5) is 16.4 Å². The van der Waals surface area contributed by atoms with Crippen molar-refractivity contribution in [3.05, 3.63) is 41.5 Å². The first-order valence-corrected chi connectivity index (χ1v) is 10.7. The molecule has 0 aliphatic carbocycles. The van der Waals surface area contributed by atoms with E-state index in [1.165, 1.54) is 11.8 Å². The van der Waals surface area contributed by atoms with Crippen molar-refractivity contribution in [2.24, 2.45) is 7.05 Å². The van der Waals surface area contributed by atoms with Crippen LogP contribution in [0.15, 0.2) is 24.5 Å². The summed E-state index contributed by atoms with van der Waals surface area (Å²) in [4.78, 5) is 38.6. The second-order valence-electron chi connectivity index (χ2n) is 8.91. The normalized spacial score (nSPS) is 12.0. The van der Waals surface area contributed by atoms with Gasteiger partial charge in [0.1, 0.15) is 22.6 Å². The average molecular weight is 464 g/mol.